The van der Waals surface area contributed by atoms with E-state index in [1.165, 1.54) is 0 Å². The monoisotopic (exact) mass is 505 g/mol. The van der Waals surface area contributed by atoms with E-state index >= 15 is 0 Å². The summed E-state index contributed by atoms with van der Waals surface area (Å²) >= 11 is 0. The number of likely N-dealkylation sites (N-methyl/N-ethyl adjacent to an activating group) is 1. The predicted molar refractivity (Wildman–Crippen MR) is 139 cm³/mol. The number of aromatic nitrogens is 2. The summed E-state index contributed by atoms with van der Waals surface area (Å²) in [5.41, 5.74) is -0.0916. The molecule has 2 N–H and O–H groups in total. The molecule has 0 unspecified atom stereocenters. The minimum atomic E-state index is -4.46. The van der Waals surface area contributed by atoms with Gasteiger partial charge in [-0.15, -0.1) is 0 Å². The van der Waals surface area contributed by atoms with Crippen LogP contribution in [0.1, 0.15) is 46.1 Å². The standard InChI is InChI=1S/C26H38F3N7/c1-24(2)16-19(17-25(3,4)35(24)6)31-22-9-10-30-23(33-22)32-18-7-8-21(20(15-18)26(27,28)29)36-13-11-34(5)12-14-36/h7-10,15,19H,11-14,16-17H2,1-6H3,(H2,30,31,32,33). The lowest BCUT2D eigenvalue weighted by molar-refractivity contribution is -0.137. The molecule has 0 atom stereocenters. The summed E-state index contributed by atoms with van der Waals surface area (Å²) in [5, 5.41) is 6.50. The average Bonchev–Trinajstić information content (AvgIpc) is 2.77. The SMILES string of the molecule is CN1CCN(c2ccc(Nc3nccc(NC4CC(C)(C)N(C)C(C)(C)C4)n3)cc2C(F)(F)F)CC1. The van der Waals surface area contributed by atoms with Gasteiger partial charge in [0.25, 0.3) is 0 Å². The third kappa shape index (κ3) is 5.86. The highest BCUT2D eigenvalue weighted by molar-refractivity contribution is 5.65. The third-order valence-electron chi connectivity index (χ3n) is 7.72. The van der Waals surface area contributed by atoms with Crippen LogP contribution in [0.5, 0.6) is 0 Å². The van der Waals surface area contributed by atoms with Crippen molar-refractivity contribution in [1.82, 2.24) is 19.8 Å². The van der Waals surface area contributed by atoms with E-state index in [9.17, 15) is 13.2 Å². The zero-order valence-corrected chi connectivity index (χ0v) is 22.1. The van der Waals surface area contributed by atoms with Crippen LogP contribution in [-0.4, -0.2) is 77.2 Å². The van der Waals surface area contributed by atoms with Gasteiger partial charge in [-0.2, -0.15) is 18.2 Å². The molecule has 7 nitrogen and oxygen atoms in total. The molecule has 0 amide bonds. The van der Waals surface area contributed by atoms with Gasteiger partial charge in [-0.1, -0.05) is 0 Å². The maximum atomic E-state index is 14.0. The van der Waals surface area contributed by atoms with Gasteiger partial charge in [0.05, 0.1) is 5.56 Å². The minimum absolute atomic E-state index is 0.0209. The topological polar surface area (TPSA) is 59.6 Å². The van der Waals surface area contributed by atoms with Gasteiger partial charge in [0, 0.05) is 60.9 Å². The van der Waals surface area contributed by atoms with Crippen molar-refractivity contribution in [2.75, 3.05) is 55.8 Å². The van der Waals surface area contributed by atoms with E-state index < -0.39 is 11.7 Å². The van der Waals surface area contributed by atoms with Gasteiger partial charge in [0.15, 0.2) is 0 Å². The summed E-state index contributed by atoms with van der Waals surface area (Å²) in [7, 11) is 4.14. The Kier molecular flexibility index (Phi) is 7.13. The number of hydrogen-bond acceptors (Lipinski definition) is 7. The maximum absolute atomic E-state index is 14.0. The molecule has 2 aromatic rings. The third-order valence-corrected chi connectivity index (χ3v) is 7.72. The molecule has 1 aromatic carbocycles. The van der Waals surface area contributed by atoms with Crippen LogP contribution < -0.4 is 15.5 Å². The van der Waals surface area contributed by atoms with Gasteiger partial charge in [0.2, 0.25) is 5.95 Å². The molecule has 2 aliphatic rings. The van der Waals surface area contributed by atoms with E-state index in [-0.39, 0.29) is 28.8 Å². The Labute approximate surface area is 212 Å². The largest absolute Gasteiger partial charge is 0.418 e. The number of piperazine rings is 1. The molecule has 4 rings (SSSR count). The molecule has 2 aliphatic heterocycles. The lowest BCUT2D eigenvalue weighted by Crippen LogP contribution is -2.61. The van der Waals surface area contributed by atoms with Crippen molar-refractivity contribution in [1.29, 1.82) is 0 Å². The van der Waals surface area contributed by atoms with Crippen molar-refractivity contribution in [3.05, 3.63) is 36.0 Å². The maximum Gasteiger partial charge on any atom is 0.418 e. The molecule has 1 aromatic heterocycles. The first-order valence-corrected chi connectivity index (χ1v) is 12.5. The van der Waals surface area contributed by atoms with Crippen molar-refractivity contribution in [3.63, 3.8) is 0 Å². The molecule has 0 saturated carbocycles. The smallest absolute Gasteiger partial charge is 0.368 e. The van der Waals surface area contributed by atoms with E-state index in [1.54, 1.807) is 29.3 Å². The van der Waals surface area contributed by atoms with Crippen molar-refractivity contribution < 1.29 is 13.2 Å². The van der Waals surface area contributed by atoms with E-state index in [0.717, 1.165) is 32.0 Å². The number of likely N-dealkylation sites (tertiary alicyclic amines) is 1. The fourth-order valence-electron chi connectivity index (χ4n) is 5.47. The Morgan fingerprint density at radius 2 is 1.58 bits per heavy atom. The first-order valence-electron chi connectivity index (χ1n) is 12.5. The second-order valence-electron chi connectivity index (χ2n) is 11.3. The van der Waals surface area contributed by atoms with E-state index in [4.69, 9.17) is 0 Å². The van der Waals surface area contributed by atoms with Gasteiger partial charge in [0.1, 0.15) is 5.82 Å². The van der Waals surface area contributed by atoms with Gasteiger partial charge >= 0.3 is 6.18 Å². The van der Waals surface area contributed by atoms with Crippen molar-refractivity contribution >= 4 is 23.1 Å². The van der Waals surface area contributed by atoms with Gasteiger partial charge in [-0.3, -0.25) is 4.90 Å². The Morgan fingerprint density at radius 3 is 2.19 bits per heavy atom. The number of nitrogens with zero attached hydrogens (tertiary/aromatic N) is 5. The van der Waals surface area contributed by atoms with E-state index in [1.807, 2.05) is 7.05 Å². The molecule has 198 valence electrons. The average molecular weight is 506 g/mol. The normalized spacial score (nSPS) is 21.4. The second-order valence-corrected chi connectivity index (χ2v) is 11.3. The second kappa shape index (κ2) is 9.70. The molecule has 0 aliphatic carbocycles. The quantitative estimate of drug-likeness (QED) is 0.590. The first kappa shape index (κ1) is 26.5. The number of hydrogen-bond donors (Lipinski definition) is 2. The molecule has 2 saturated heterocycles. The van der Waals surface area contributed by atoms with Crippen molar-refractivity contribution in [2.24, 2.45) is 0 Å². The molecule has 2 fully saturated rings. The van der Waals surface area contributed by atoms with Crippen LogP contribution >= 0.6 is 0 Å². The van der Waals surface area contributed by atoms with Gasteiger partial charge in [-0.05, 0) is 78.9 Å². The molecule has 3 heterocycles. The van der Waals surface area contributed by atoms with Crippen LogP contribution in [-0.2, 0) is 6.18 Å². The summed E-state index contributed by atoms with van der Waals surface area (Å²) in [6.07, 6.45) is -0.953. The summed E-state index contributed by atoms with van der Waals surface area (Å²) in [6, 6.07) is 6.37. The molecule has 0 bridgehead atoms. The highest BCUT2D eigenvalue weighted by Crippen LogP contribution is 2.40. The number of rotatable bonds is 5. The number of alkyl halides is 3. The molecular weight excluding hydrogens is 467 g/mol. The van der Waals surface area contributed by atoms with Gasteiger partial charge in [-0.25, -0.2) is 4.98 Å². The van der Waals surface area contributed by atoms with Crippen LogP contribution in [0.15, 0.2) is 30.5 Å². The lowest BCUT2D eigenvalue weighted by Gasteiger charge is -2.53. The zero-order valence-electron chi connectivity index (χ0n) is 22.1. The van der Waals surface area contributed by atoms with E-state index in [0.29, 0.717) is 24.6 Å². The summed E-state index contributed by atoms with van der Waals surface area (Å²) in [5.74, 6) is 0.908. The summed E-state index contributed by atoms with van der Waals surface area (Å²) < 4.78 is 41.9. The zero-order chi connectivity index (χ0) is 26.3. The molecule has 0 radical (unpaired) electrons. The highest BCUT2D eigenvalue weighted by atomic mass is 19.4. The van der Waals surface area contributed by atoms with E-state index in [2.05, 4.69) is 65.1 Å². The van der Waals surface area contributed by atoms with Crippen LogP contribution in [0.3, 0.4) is 0 Å². The van der Waals surface area contributed by atoms with Crippen molar-refractivity contribution in [2.45, 2.75) is 63.8 Å². The highest BCUT2D eigenvalue weighted by Gasteiger charge is 2.43. The summed E-state index contributed by atoms with van der Waals surface area (Å²) in [6.45, 7) is 11.5. The fraction of sp³-hybridized carbons (Fsp3) is 0.615. The first-order chi connectivity index (χ1) is 16.7. The minimum Gasteiger partial charge on any atom is -0.368 e. The number of benzene rings is 1. The Morgan fingerprint density at radius 1 is 0.944 bits per heavy atom. The molecular formula is C26H38F3N7. The summed E-state index contributed by atoms with van der Waals surface area (Å²) in [4.78, 5) is 15.1. The van der Waals surface area contributed by atoms with Gasteiger partial charge < -0.3 is 20.4 Å². The van der Waals surface area contributed by atoms with Crippen LogP contribution in [0.2, 0.25) is 0 Å². The molecule has 10 heteroatoms. The Balaban J connectivity index is 1.51. The number of anilines is 4. The van der Waals surface area contributed by atoms with Crippen LogP contribution in [0.25, 0.3) is 0 Å². The Bertz CT molecular complexity index is 1040. The molecule has 36 heavy (non-hydrogen) atoms. The molecule has 0 spiro atoms. The van der Waals surface area contributed by atoms with Crippen molar-refractivity contribution in [3.8, 4) is 0 Å². The van der Waals surface area contributed by atoms with Crippen LogP contribution in [0, 0.1) is 0 Å². The predicted octanol–water partition coefficient (Wildman–Crippen LogP) is 5.05. The number of halogens is 3. The fourth-order valence-corrected chi connectivity index (χ4v) is 5.47. The van der Waals surface area contributed by atoms with Crippen LogP contribution in [0.4, 0.5) is 36.3 Å². The number of nitrogens with one attached hydrogen (secondary N) is 2. The lowest BCUT2D eigenvalue weighted by atomic mass is 9.77. The number of piperidine rings is 1. The Hall–Kier alpha value is -2.59.